The fourth-order valence-electron chi connectivity index (χ4n) is 3.54. The quantitative estimate of drug-likeness (QED) is 0.751. The third kappa shape index (κ3) is 6.54. The number of benzene rings is 1. The first-order valence-electron chi connectivity index (χ1n) is 10.3. The molecule has 30 heavy (non-hydrogen) atoms. The summed E-state index contributed by atoms with van der Waals surface area (Å²) in [5.41, 5.74) is 1.98. The van der Waals surface area contributed by atoms with Crippen LogP contribution in [0, 0.1) is 5.92 Å². The first-order valence-corrected chi connectivity index (χ1v) is 10.6. The fraction of sp³-hybridized carbons (Fsp3) is 0.435. The van der Waals surface area contributed by atoms with Crippen molar-refractivity contribution in [1.82, 2.24) is 15.2 Å². The summed E-state index contributed by atoms with van der Waals surface area (Å²) in [7, 11) is 0. The maximum absolute atomic E-state index is 12.4. The van der Waals surface area contributed by atoms with Crippen molar-refractivity contribution in [1.29, 1.82) is 0 Å². The number of carbonyl (C=O) groups is 2. The molecular formula is C23H29ClN4O2. The van der Waals surface area contributed by atoms with Crippen molar-refractivity contribution in [3.63, 3.8) is 0 Å². The molecule has 2 N–H and O–H groups in total. The van der Waals surface area contributed by atoms with Gasteiger partial charge in [-0.1, -0.05) is 23.7 Å². The predicted molar refractivity (Wildman–Crippen MR) is 120 cm³/mol. The predicted octanol–water partition coefficient (Wildman–Crippen LogP) is 4.11. The van der Waals surface area contributed by atoms with Gasteiger partial charge < -0.3 is 10.6 Å². The lowest BCUT2D eigenvalue weighted by Gasteiger charge is -2.33. The van der Waals surface area contributed by atoms with Gasteiger partial charge in [0.05, 0.1) is 5.02 Å². The largest absolute Gasteiger partial charge is 0.351 e. The number of halogens is 1. The molecule has 3 rings (SSSR count). The van der Waals surface area contributed by atoms with E-state index in [4.69, 9.17) is 11.6 Å². The van der Waals surface area contributed by atoms with E-state index in [9.17, 15) is 9.59 Å². The molecule has 0 unspecified atom stereocenters. The molecule has 0 bridgehead atoms. The van der Waals surface area contributed by atoms with Crippen molar-refractivity contribution in [2.45, 2.75) is 45.7 Å². The van der Waals surface area contributed by atoms with Gasteiger partial charge in [-0.15, -0.1) is 0 Å². The van der Waals surface area contributed by atoms with Crippen LogP contribution in [0.15, 0.2) is 42.6 Å². The highest BCUT2D eigenvalue weighted by Crippen LogP contribution is 2.21. The molecule has 0 saturated carbocycles. The Morgan fingerprint density at radius 1 is 1.17 bits per heavy atom. The van der Waals surface area contributed by atoms with E-state index in [1.54, 1.807) is 12.1 Å². The van der Waals surface area contributed by atoms with Gasteiger partial charge in [0.25, 0.3) is 5.91 Å². The summed E-state index contributed by atoms with van der Waals surface area (Å²) in [6.07, 6.45) is 3.18. The van der Waals surface area contributed by atoms with Crippen LogP contribution in [0.4, 0.5) is 5.69 Å². The number of piperidine rings is 1. The number of hydrogen-bond donors (Lipinski definition) is 2. The lowest BCUT2D eigenvalue weighted by Crippen LogP contribution is -2.46. The van der Waals surface area contributed by atoms with Gasteiger partial charge in [-0.25, -0.2) is 4.98 Å². The number of hydrogen-bond acceptors (Lipinski definition) is 4. The van der Waals surface area contributed by atoms with Crippen molar-refractivity contribution < 1.29 is 9.59 Å². The topological polar surface area (TPSA) is 74.3 Å². The van der Waals surface area contributed by atoms with Gasteiger partial charge >= 0.3 is 0 Å². The number of likely N-dealkylation sites (tertiary alicyclic amines) is 1. The number of amides is 2. The van der Waals surface area contributed by atoms with Gasteiger partial charge in [0.1, 0.15) is 5.69 Å². The molecule has 2 heterocycles. The van der Waals surface area contributed by atoms with Crippen LogP contribution in [-0.2, 0) is 11.3 Å². The molecule has 0 aliphatic carbocycles. The molecule has 1 saturated heterocycles. The van der Waals surface area contributed by atoms with E-state index in [-0.39, 0.29) is 23.3 Å². The van der Waals surface area contributed by atoms with Gasteiger partial charge in [0.2, 0.25) is 5.91 Å². The lowest BCUT2D eigenvalue weighted by atomic mass is 9.94. The van der Waals surface area contributed by atoms with E-state index in [0.29, 0.717) is 10.7 Å². The number of rotatable bonds is 5. The zero-order valence-corrected chi connectivity index (χ0v) is 18.5. The molecule has 0 radical (unpaired) electrons. The molecule has 0 spiro atoms. The Morgan fingerprint density at radius 2 is 1.90 bits per heavy atom. The van der Waals surface area contributed by atoms with E-state index in [2.05, 4.69) is 26.6 Å². The van der Waals surface area contributed by atoms with Crippen LogP contribution in [0.3, 0.4) is 0 Å². The van der Waals surface area contributed by atoms with Gasteiger partial charge in [-0.3, -0.25) is 14.5 Å². The van der Waals surface area contributed by atoms with E-state index >= 15 is 0 Å². The first kappa shape index (κ1) is 22.2. The molecule has 7 heteroatoms. The zero-order chi connectivity index (χ0) is 21.7. The summed E-state index contributed by atoms with van der Waals surface area (Å²) in [5, 5.41) is 6.46. The van der Waals surface area contributed by atoms with Crippen molar-refractivity contribution in [2.24, 2.45) is 5.92 Å². The Morgan fingerprint density at radius 3 is 2.53 bits per heavy atom. The van der Waals surface area contributed by atoms with E-state index in [0.717, 1.165) is 43.7 Å². The highest BCUT2D eigenvalue weighted by molar-refractivity contribution is 6.30. The van der Waals surface area contributed by atoms with Gasteiger partial charge in [-0.05, 0) is 76.5 Å². The van der Waals surface area contributed by atoms with Crippen LogP contribution in [0.5, 0.6) is 0 Å². The van der Waals surface area contributed by atoms with Gasteiger partial charge in [-0.2, -0.15) is 0 Å². The van der Waals surface area contributed by atoms with E-state index < -0.39 is 0 Å². The first-order chi connectivity index (χ1) is 14.2. The molecule has 1 aromatic heterocycles. The molecule has 0 atom stereocenters. The summed E-state index contributed by atoms with van der Waals surface area (Å²) < 4.78 is 0. The monoisotopic (exact) mass is 428 g/mol. The molecule has 1 aliphatic heterocycles. The Labute approximate surface area is 183 Å². The molecule has 1 aromatic carbocycles. The van der Waals surface area contributed by atoms with Gasteiger partial charge in [0, 0.05) is 29.9 Å². The van der Waals surface area contributed by atoms with Crippen LogP contribution in [0.2, 0.25) is 5.02 Å². The number of nitrogens with zero attached hydrogens (tertiary/aromatic N) is 2. The molecule has 160 valence electrons. The number of aromatic nitrogens is 1. The molecule has 1 aliphatic rings. The molecule has 1 fully saturated rings. The van der Waals surface area contributed by atoms with Crippen LogP contribution < -0.4 is 10.6 Å². The van der Waals surface area contributed by atoms with Crippen molar-refractivity contribution in [2.75, 3.05) is 18.4 Å². The second-order valence-corrected chi connectivity index (χ2v) is 9.24. The van der Waals surface area contributed by atoms with Gasteiger partial charge in [0.15, 0.2) is 0 Å². The number of anilines is 1. The fourth-order valence-corrected chi connectivity index (χ4v) is 3.65. The average molecular weight is 429 g/mol. The van der Waals surface area contributed by atoms with Crippen LogP contribution in [-0.4, -0.2) is 40.3 Å². The summed E-state index contributed by atoms with van der Waals surface area (Å²) in [5.74, 6) is -0.0323. The lowest BCUT2D eigenvalue weighted by molar-refractivity contribution is -0.127. The summed E-state index contributed by atoms with van der Waals surface area (Å²) in [6.45, 7) is 8.58. The number of carbonyl (C=O) groups excluding carboxylic acids is 2. The minimum atomic E-state index is -0.269. The van der Waals surface area contributed by atoms with Crippen molar-refractivity contribution in [3.05, 3.63) is 58.9 Å². The summed E-state index contributed by atoms with van der Waals surface area (Å²) in [6, 6.07) is 11.1. The standard InChI is InChI=1S/C23H29ClN4O2/c1-23(2,3)27-21(29)17-9-11-28(12-10-17)15-16-5-4-6-19(13-16)26-22(30)20-8-7-18(24)14-25-20/h4-8,13-14,17H,9-12,15H2,1-3H3,(H,26,30)(H,27,29). The maximum atomic E-state index is 12.4. The van der Waals surface area contributed by atoms with Crippen LogP contribution in [0.25, 0.3) is 0 Å². The minimum absolute atomic E-state index is 0.0815. The molecule has 6 nitrogen and oxygen atoms in total. The second-order valence-electron chi connectivity index (χ2n) is 8.81. The molecule has 2 aromatic rings. The third-order valence-electron chi connectivity index (χ3n) is 5.01. The van der Waals surface area contributed by atoms with Crippen LogP contribution >= 0.6 is 11.6 Å². The van der Waals surface area contributed by atoms with Crippen molar-refractivity contribution in [3.8, 4) is 0 Å². The van der Waals surface area contributed by atoms with Crippen LogP contribution in [0.1, 0.15) is 49.7 Å². The SMILES string of the molecule is CC(C)(C)NC(=O)C1CCN(Cc2cccc(NC(=O)c3ccc(Cl)cn3)c2)CC1. The summed E-state index contributed by atoms with van der Waals surface area (Å²) in [4.78, 5) is 31.1. The zero-order valence-electron chi connectivity index (χ0n) is 17.7. The normalized spacial score (nSPS) is 15.6. The summed E-state index contributed by atoms with van der Waals surface area (Å²) >= 11 is 5.82. The smallest absolute Gasteiger partial charge is 0.274 e. The Kier molecular flexibility index (Phi) is 7.10. The second kappa shape index (κ2) is 9.58. The molecule has 2 amide bonds. The number of nitrogens with one attached hydrogen (secondary N) is 2. The Hall–Kier alpha value is -2.44. The van der Waals surface area contributed by atoms with Crippen molar-refractivity contribution >= 4 is 29.1 Å². The molecular weight excluding hydrogens is 400 g/mol. The van der Waals surface area contributed by atoms with E-state index in [1.807, 2.05) is 39.0 Å². The highest BCUT2D eigenvalue weighted by atomic mass is 35.5. The highest BCUT2D eigenvalue weighted by Gasteiger charge is 2.27. The average Bonchev–Trinajstić information content (AvgIpc) is 2.68. The Balaban J connectivity index is 1.53. The number of pyridine rings is 1. The third-order valence-corrected chi connectivity index (χ3v) is 5.23. The Bertz CT molecular complexity index is 885. The van der Waals surface area contributed by atoms with E-state index in [1.165, 1.54) is 6.20 Å². The maximum Gasteiger partial charge on any atom is 0.274 e. The minimum Gasteiger partial charge on any atom is -0.351 e.